The Morgan fingerprint density at radius 2 is 1.95 bits per heavy atom. The minimum atomic E-state index is -4.03. The van der Waals surface area contributed by atoms with Crippen LogP contribution in [0.4, 0.5) is 5.82 Å². The number of carbonyl (C=O) groups is 1. The molecule has 0 unspecified atom stereocenters. The molecule has 1 amide bonds. The van der Waals surface area contributed by atoms with E-state index in [1.54, 1.807) is 18.4 Å². The van der Waals surface area contributed by atoms with Crippen LogP contribution in [0.1, 0.15) is 75.6 Å². The van der Waals surface area contributed by atoms with E-state index in [4.69, 9.17) is 14.5 Å². The van der Waals surface area contributed by atoms with Gasteiger partial charge in [-0.25, -0.2) is 18.4 Å². The molecule has 1 aliphatic carbocycles. The van der Waals surface area contributed by atoms with Crippen molar-refractivity contribution >= 4 is 38.9 Å². The number of amidine groups is 1. The Labute approximate surface area is 257 Å². The maximum atomic E-state index is 13.7. The number of anilines is 1. The van der Waals surface area contributed by atoms with Crippen LogP contribution in [0.5, 0.6) is 5.88 Å². The topological polar surface area (TPSA) is 123 Å². The first-order chi connectivity index (χ1) is 20.7. The molecule has 3 heterocycles. The van der Waals surface area contributed by atoms with Crippen molar-refractivity contribution in [1.29, 1.82) is 0 Å². The Bertz CT molecular complexity index is 1610. The quantitative estimate of drug-likeness (QED) is 0.243. The number of aromatic nitrogens is 2. The number of nitrogens with one attached hydrogen (secondary N) is 1. The van der Waals surface area contributed by atoms with Crippen molar-refractivity contribution in [2.45, 2.75) is 89.3 Å². The summed E-state index contributed by atoms with van der Waals surface area (Å²) in [6.45, 7) is 7.05. The minimum absolute atomic E-state index is 0.0194. The van der Waals surface area contributed by atoms with Crippen LogP contribution in [-0.2, 0) is 32.7 Å². The highest BCUT2D eigenvalue weighted by atomic mass is 32.2. The minimum Gasteiger partial charge on any atom is -0.478 e. The molecule has 12 heteroatoms. The van der Waals surface area contributed by atoms with Gasteiger partial charge in [-0.05, 0) is 61.2 Å². The zero-order valence-electron chi connectivity index (χ0n) is 25.2. The Hall–Kier alpha value is -3.35. The maximum Gasteiger partial charge on any atom is 0.264 e. The predicted octanol–water partition coefficient (Wildman–Crippen LogP) is 6.10. The van der Waals surface area contributed by atoms with E-state index in [0.717, 1.165) is 67.5 Å². The Morgan fingerprint density at radius 1 is 1.16 bits per heavy atom. The van der Waals surface area contributed by atoms with Crippen molar-refractivity contribution < 1.29 is 22.7 Å². The van der Waals surface area contributed by atoms with Crippen LogP contribution in [0.15, 0.2) is 45.7 Å². The van der Waals surface area contributed by atoms with E-state index < -0.39 is 15.6 Å². The molecule has 0 atom stereocenters. The molecule has 2 aromatic heterocycles. The largest absolute Gasteiger partial charge is 0.478 e. The van der Waals surface area contributed by atoms with Crippen LogP contribution >= 0.6 is 11.3 Å². The number of hydrogen-bond donors (Lipinski definition) is 1. The normalized spacial score (nSPS) is 16.2. The van der Waals surface area contributed by atoms with Gasteiger partial charge in [-0.1, -0.05) is 44.4 Å². The molecule has 1 aromatic carbocycles. The van der Waals surface area contributed by atoms with E-state index in [2.05, 4.69) is 21.6 Å². The summed E-state index contributed by atoms with van der Waals surface area (Å²) in [6.07, 6.45) is 7.97. The SMILES string of the molecule is CCCCC1=NC2(CCCC2)C(=O)N1Cc1ccc(-c2sccc2S(=O)(=O)Nc2ncc(C)nc2OC)c(COCC)c1. The number of aryl methyl sites for hydroxylation is 1. The first-order valence-corrected chi connectivity index (χ1v) is 17.2. The van der Waals surface area contributed by atoms with E-state index >= 15 is 0 Å². The van der Waals surface area contributed by atoms with Gasteiger partial charge in [0.1, 0.15) is 16.3 Å². The molecule has 1 N–H and O–H groups in total. The van der Waals surface area contributed by atoms with Gasteiger partial charge in [0.25, 0.3) is 21.8 Å². The average Bonchev–Trinajstić information content (AvgIpc) is 3.73. The average molecular weight is 626 g/mol. The van der Waals surface area contributed by atoms with Gasteiger partial charge in [-0.3, -0.25) is 19.4 Å². The second-order valence-electron chi connectivity index (χ2n) is 11.0. The van der Waals surface area contributed by atoms with Crippen molar-refractivity contribution in [3.05, 3.63) is 52.7 Å². The summed E-state index contributed by atoms with van der Waals surface area (Å²) in [6, 6.07) is 7.49. The van der Waals surface area contributed by atoms with E-state index in [-0.39, 0.29) is 22.5 Å². The summed E-state index contributed by atoms with van der Waals surface area (Å²) in [7, 11) is -2.61. The van der Waals surface area contributed by atoms with Crippen LogP contribution in [0.2, 0.25) is 0 Å². The summed E-state index contributed by atoms with van der Waals surface area (Å²) < 4.78 is 40.8. The van der Waals surface area contributed by atoms with E-state index in [1.165, 1.54) is 24.6 Å². The molecule has 0 saturated heterocycles. The molecule has 2 aliphatic rings. The summed E-state index contributed by atoms with van der Waals surface area (Å²) >= 11 is 1.34. The molecule has 1 fully saturated rings. The van der Waals surface area contributed by atoms with Gasteiger partial charge in [-0.15, -0.1) is 11.3 Å². The summed E-state index contributed by atoms with van der Waals surface area (Å²) in [5, 5.41) is 1.75. The molecule has 10 nitrogen and oxygen atoms in total. The summed E-state index contributed by atoms with van der Waals surface area (Å²) in [5.41, 5.74) is 2.57. The van der Waals surface area contributed by atoms with Crippen molar-refractivity contribution in [1.82, 2.24) is 14.9 Å². The smallest absolute Gasteiger partial charge is 0.264 e. The number of nitrogens with zero attached hydrogens (tertiary/aromatic N) is 4. The lowest BCUT2D eigenvalue weighted by Crippen LogP contribution is -2.40. The Kier molecular flexibility index (Phi) is 9.48. The third-order valence-electron chi connectivity index (χ3n) is 7.90. The van der Waals surface area contributed by atoms with Crippen LogP contribution in [0.25, 0.3) is 10.4 Å². The number of benzene rings is 1. The van der Waals surface area contributed by atoms with Crippen LogP contribution in [-0.4, -0.2) is 54.3 Å². The molecule has 0 radical (unpaired) electrons. The second kappa shape index (κ2) is 13.1. The first kappa shape index (κ1) is 31.1. The Balaban J connectivity index is 1.46. The van der Waals surface area contributed by atoms with Gasteiger partial charge in [0.15, 0.2) is 0 Å². The third-order valence-corrected chi connectivity index (χ3v) is 10.4. The fourth-order valence-electron chi connectivity index (χ4n) is 5.73. The molecule has 5 rings (SSSR count). The number of carbonyl (C=O) groups excluding carboxylic acids is 1. The number of thiophene rings is 1. The first-order valence-electron chi connectivity index (χ1n) is 14.8. The maximum absolute atomic E-state index is 13.7. The predicted molar refractivity (Wildman–Crippen MR) is 168 cm³/mol. The standard InChI is InChI=1S/C31H39N5O5S2/c1-5-7-10-26-34-31(14-8-9-15-31)30(37)36(26)19-22-11-12-24(23(17-22)20-41-6-2)27-25(13-16-42-27)43(38,39)35-28-29(40-4)33-21(3)18-32-28/h11-13,16-18H,5-10,14-15,19-20H2,1-4H3,(H,32,35). The molecule has 0 bridgehead atoms. The number of ether oxygens (including phenoxy) is 2. The van der Waals surface area contributed by atoms with E-state index in [0.29, 0.717) is 30.3 Å². The lowest BCUT2D eigenvalue weighted by molar-refractivity contribution is -0.131. The molecule has 1 spiro atoms. The zero-order chi connectivity index (χ0) is 30.6. The number of methoxy groups -OCH3 is 1. The van der Waals surface area contributed by atoms with Crippen LogP contribution in [0, 0.1) is 6.92 Å². The molecule has 43 heavy (non-hydrogen) atoms. The number of unbranched alkanes of at least 4 members (excludes halogenated alkanes) is 1. The summed E-state index contributed by atoms with van der Waals surface area (Å²) in [5.74, 6) is 1.11. The van der Waals surface area contributed by atoms with Crippen molar-refractivity contribution in [3.63, 3.8) is 0 Å². The van der Waals surface area contributed by atoms with Gasteiger partial charge in [0.2, 0.25) is 5.82 Å². The number of hydrogen-bond acceptors (Lipinski definition) is 9. The van der Waals surface area contributed by atoms with E-state index in [1.807, 2.05) is 30.0 Å². The van der Waals surface area contributed by atoms with Crippen LogP contribution < -0.4 is 9.46 Å². The Morgan fingerprint density at radius 3 is 2.67 bits per heavy atom. The van der Waals surface area contributed by atoms with Crippen molar-refractivity contribution in [2.75, 3.05) is 18.4 Å². The van der Waals surface area contributed by atoms with Crippen molar-refractivity contribution in [2.24, 2.45) is 4.99 Å². The molecule has 230 valence electrons. The molecule has 1 aliphatic heterocycles. The van der Waals surface area contributed by atoms with E-state index in [9.17, 15) is 13.2 Å². The number of rotatable bonds is 13. The van der Waals surface area contributed by atoms with Crippen molar-refractivity contribution in [3.8, 4) is 16.3 Å². The second-order valence-corrected chi connectivity index (χ2v) is 13.5. The summed E-state index contributed by atoms with van der Waals surface area (Å²) in [4.78, 5) is 29.7. The van der Waals surface area contributed by atoms with Gasteiger partial charge in [0.05, 0.1) is 37.0 Å². The highest BCUT2D eigenvalue weighted by Crippen LogP contribution is 2.41. The van der Waals surface area contributed by atoms with Gasteiger partial charge < -0.3 is 9.47 Å². The van der Waals surface area contributed by atoms with Crippen LogP contribution in [0.3, 0.4) is 0 Å². The molecule has 3 aromatic rings. The van der Waals surface area contributed by atoms with Gasteiger partial charge in [0, 0.05) is 13.0 Å². The fourth-order valence-corrected chi connectivity index (χ4v) is 8.25. The lowest BCUT2D eigenvalue weighted by atomic mass is 9.97. The third kappa shape index (κ3) is 6.46. The molecular weight excluding hydrogens is 587 g/mol. The fraction of sp³-hybridized carbons (Fsp3) is 0.484. The number of amides is 1. The van der Waals surface area contributed by atoms with Gasteiger partial charge in [-0.2, -0.15) is 0 Å². The number of aliphatic imine (C=N–C) groups is 1. The molecular formula is C31H39N5O5S2. The monoisotopic (exact) mass is 625 g/mol. The highest BCUT2D eigenvalue weighted by Gasteiger charge is 2.49. The molecule has 1 saturated carbocycles. The van der Waals surface area contributed by atoms with Gasteiger partial charge >= 0.3 is 0 Å². The number of sulfonamides is 1. The highest BCUT2D eigenvalue weighted by molar-refractivity contribution is 7.93. The zero-order valence-corrected chi connectivity index (χ0v) is 26.8. The lowest BCUT2D eigenvalue weighted by Gasteiger charge is -2.23.